The first kappa shape index (κ1) is 30.0. The Morgan fingerprint density at radius 3 is 2.09 bits per heavy atom. The zero-order valence-electron chi connectivity index (χ0n) is 20.3. The maximum absolute atomic E-state index is 11.0. The second-order valence-electron chi connectivity index (χ2n) is 6.74. The molecule has 1 heterocycles. The highest BCUT2D eigenvalue weighted by molar-refractivity contribution is 5.95. The third kappa shape index (κ3) is 12.8. The third-order valence-electron chi connectivity index (χ3n) is 3.81. The van der Waals surface area contributed by atoms with Gasteiger partial charge in [0.1, 0.15) is 6.10 Å². The molecule has 34 heavy (non-hydrogen) atoms. The minimum absolute atomic E-state index is 0. The largest absolute Gasteiger partial charge is 0.493 e. The number of aromatic nitrogens is 1. The summed E-state index contributed by atoms with van der Waals surface area (Å²) in [7, 11) is 2.68. The molecule has 2 aromatic rings. The van der Waals surface area contributed by atoms with Crippen LogP contribution in [-0.2, 0) is 23.9 Å². The Hall–Kier alpha value is -3.95. The van der Waals surface area contributed by atoms with Crippen molar-refractivity contribution in [3.8, 4) is 11.5 Å². The van der Waals surface area contributed by atoms with Crippen molar-refractivity contribution in [1.29, 1.82) is 0 Å². The molecule has 0 spiro atoms. The number of rotatable bonds is 7. The SMILES string of the molecule is CCC(=O)O[C@@H](C)CC(=O)OC.COc1ccnc(C(N)=O)c1OC(C)=O.Cc1ccccc1.[HH]. The molecule has 10 heteroatoms. The summed E-state index contributed by atoms with van der Waals surface area (Å²) in [5, 5.41) is 0. The highest BCUT2D eigenvalue weighted by Crippen LogP contribution is 2.29. The Labute approximate surface area is 200 Å². The van der Waals surface area contributed by atoms with E-state index in [4.69, 9.17) is 19.9 Å². The molecule has 1 aromatic heterocycles. The number of aryl methyl sites for hydroxylation is 1. The molecule has 1 amide bonds. The van der Waals surface area contributed by atoms with E-state index in [2.05, 4.69) is 28.8 Å². The Balaban J connectivity index is 0. The van der Waals surface area contributed by atoms with E-state index in [0.717, 1.165) is 0 Å². The highest BCUT2D eigenvalue weighted by Gasteiger charge is 2.18. The Kier molecular flexibility index (Phi) is 14.7. The van der Waals surface area contributed by atoms with Gasteiger partial charge in [-0.15, -0.1) is 0 Å². The van der Waals surface area contributed by atoms with Gasteiger partial charge in [0, 0.05) is 27.0 Å². The van der Waals surface area contributed by atoms with Crippen molar-refractivity contribution in [2.75, 3.05) is 14.2 Å². The van der Waals surface area contributed by atoms with Gasteiger partial charge in [0.15, 0.2) is 11.4 Å². The predicted molar refractivity (Wildman–Crippen MR) is 126 cm³/mol. The number of amides is 1. The fourth-order valence-electron chi connectivity index (χ4n) is 2.21. The van der Waals surface area contributed by atoms with Crippen molar-refractivity contribution in [1.82, 2.24) is 4.98 Å². The summed E-state index contributed by atoms with van der Waals surface area (Å²) in [6.45, 7) is 6.65. The van der Waals surface area contributed by atoms with E-state index in [-0.39, 0.29) is 37.0 Å². The summed E-state index contributed by atoms with van der Waals surface area (Å²) in [5.41, 5.74) is 6.25. The Morgan fingerprint density at radius 1 is 1.06 bits per heavy atom. The van der Waals surface area contributed by atoms with Gasteiger partial charge in [0.25, 0.3) is 5.91 Å². The van der Waals surface area contributed by atoms with Crippen LogP contribution in [0.2, 0.25) is 0 Å². The molecule has 0 aliphatic carbocycles. The second kappa shape index (κ2) is 16.7. The van der Waals surface area contributed by atoms with E-state index in [1.807, 2.05) is 18.2 Å². The molecular weight excluding hydrogens is 444 g/mol. The third-order valence-corrected chi connectivity index (χ3v) is 3.81. The van der Waals surface area contributed by atoms with E-state index >= 15 is 0 Å². The maximum atomic E-state index is 11.0. The molecule has 188 valence electrons. The van der Waals surface area contributed by atoms with Crippen LogP contribution < -0.4 is 15.2 Å². The summed E-state index contributed by atoms with van der Waals surface area (Å²) >= 11 is 0. The summed E-state index contributed by atoms with van der Waals surface area (Å²) in [6, 6.07) is 11.7. The quantitative estimate of drug-likeness (QED) is 0.593. The van der Waals surface area contributed by atoms with Crippen LogP contribution in [0.5, 0.6) is 11.5 Å². The van der Waals surface area contributed by atoms with Gasteiger partial charge in [-0.1, -0.05) is 42.8 Å². The first-order chi connectivity index (χ1) is 16.0. The minimum Gasteiger partial charge on any atom is -0.493 e. The monoisotopic (exact) mass is 478 g/mol. The molecule has 0 aliphatic rings. The summed E-state index contributed by atoms with van der Waals surface area (Å²) in [5.74, 6) is -1.86. The van der Waals surface area contributed by atoms with Crippen LogP contribution in [0.25, 0.3) is 0 Å². The van der Waals surface area contributed by atoms with Crippen LogP contribution in [0.4, 0.5) is 0 Å². The molecule has 1 aromatic carbocycles. The zero-order chi connectivity index (χ0) is 26.1. The summed E-state index contributed by atoms with van der Waals surface area (Å²) < 4.78 is 19.0. The lowest BCUT2D eigenvalue weighted by molar-refractivity contribution is -0.152. The average molecular weight is 479 g/mol. The van der Waals surface area contributed by atoms with Gasteiger partial charge in [-0.25, -0.2) is 4.98 Å². The first-order valence-electron chi connectivity index (χ1n) is 10.3. The van der Waals surface area contributed by atoms with E-state index in [1.165, 1.54) is 39.0 Å². The standard InChI is InChI=1S/C9H10N2O4.C8H14O4.C7H8.H2/c1-5(12)15-8-6(14-2)3-4-11-7(8)9(10)13;1-4-7(9)12-6(2)5-8(10)11-3;1-7-5-3-2-4-6-7;/h3-4H,1-2H3,(H2,10,13);6H,4-5H2,1-3H3;2-6H,1H3;1H/t;6-;;/m.0../s1. The van der Waals surface area contributed by atoms with Gasteiger partial charge in [0.05, 0.1) is 20.6 Å². The van der Waals surface area contributed by atoms with Crippen LogP contribution in [0, 0.1) is 6.92 Å². The van der Waals surface area contributed by atoms with Crippen LogP contribution in [0.3, 0.4) is 0 Å². The normalized spacial score (nSPS) is 10.2. The lowest BCUT2D eigenvalue weighted by Crippen LogP contribution is -2.18. The van der Waals surface area contributed by atoms with Gasteiger partial charge in [-0.3, -0.25) is 19.2 Å². The number of nitrogens with zero attached hydrogens (tertiary/aromatic N) is 1. The molecule has 0 saturated carbocycles. The molecule has 10 nitrogen and oxygen atoms in total. The van der Waals surface area contributed by atoms with Crippen LogP contribution in [-0.4, -0.2) is 49.1 Å². The number of ether oxygens (including phenoxy) is 4. The number of pyridine rings is 1. The number of methoxy groups -OCH3 is 2. The highest BCUT2D eigenvalue weighted by atomic mass is 16.6. The number of nitrogens with two attached hydrogens (primary N) is 1. The molecule has 0 aliphatic heterocycles. The summed E-state index contributed by atoms with van der Waals surface area (Å²) in [6.07, 6.45) is 1.38. The predicted octanol–water partition coefficient (Wildman–Crippen LogP) is 3.25. The second-order valence-corrected chi connectivity index (χ2v) is 6.74. The first-order valence-corrected chi connectivity index (χ1v) is 10.3. The van der Waals surface area contributed by atoms with E-state index in [9.17, 15) is 19.2 Å². The molecule has 2 rings (SSSR count). The topological polar surface area (TPSA) is 144 Å². The van der Waals surface area contributed by atoms with Crippen molar-refractivity contribution in [2.45, 2.75) is 46.6 Å². The minimum atomic E-state index is -0.787. The molecular formula is C24H34N2O8. The van der Waals surface area contributed by atoms with Crippen molar-refractivity contribution >= 4 is 23.8 Å². The number of carbonyl (C=O) groups is 4. The number of benzene rings is 1. The van der Waals surface area contributed by atoms with Gasteiger partial charge < -0.3 is 24.7 Å². The average Bonchev–Trinajstić information content (AvgIpc) is 2.79. The molecule has 0 unspecified atom stereocenters. The van der Waals surface area contributed by atoms with Gasteiger partial charge >= 0.3 is 17.9 Å². The van der Waals surface area contributed by atoms with Gasteiger partial charge in [0.2, 0.25) is 5.75 Å². The summed E-state index contributed by atoms with van der Waals surface area (Å²) in [4.78, 5) is 46.9. The van der Waals surface area contributed by atoms with Crippen molar-refractivity contribution < 1.29 is 39.6 Å². The number of carbonyl (C=O) groups excluding carboxylic acids is 4. The van der Waals surface area contributed by atoms with Crippen LogP contribution in [0.15, 0.2) is 42.6 Å². The molecule has 0 radical (unpaired) electrons. The number of primary amides is 1. The fourth-order valence-corrected chi connectivity index (χ4v) is 2.21. The molecule has 0 saturated heterocycles. The number of hydrogen-bond donors (Lipinski definition) is 1. The molecule has 2 N–H and O–H groups in total. The number of esters is 3. The lowest BCUT2D eigenvalue weighted by Gasteiger charge is -2.10. The maximum Gasteiger partial charge on any atom is 0.309 e. The zero-order valence-corrected chi connectivity index (χ0v) is 20.3. The van der Waals surface area contributed by atoms with Crippen LogP contribution in [0.1, 0.15) is 51.1 Å². The Morgan fingerprint density at radius 2 is 1.68 bits per heavy atom. The number of hydrogen-bond acceptors (Lipinski definition) is 9. The molecule has 0 fully saturated rings. The van der Waals surface area contributed by atoms with Crippen LogP contribution >= 0.6 is 0 Å². The van der Waals surface area contributed by atoms with Crippen molar-refractivity contribution in [3.63, 3.8) is 0 Å². The fraction of sp³-hybridized carbons (Fsp3) is 0.375. The van der Waals surface area contributed by atoms with Gasteiger partial charge in [-0.05, 0) is 13.8 Å². The van der Waals surface area contributed by atoms with E-state index < -0.39 is 18.0 Å². The molecule has 1 atom stereocenters. The molecule has 0 bridgehead atoms. The lowest BCUT2D eigenvalue weighted by atomic mass is 10.2. The van der Waals surface area contributed by atoms with E-state index in [1.54, 1.807) is 13.8 Å². The van der Waals surface area contributed by atoms with E-state index in [0.29, 0.717) is 6.42 Å². The van der Waals surface area contributed by atoms with Crippen molar-refractivity contribution in [2.24, 2.45) is 5.73 Å². The van der Waals surface area contributed by atoms with Crippen molar-refractivity contribution in [3.05, 3.63) is 53.9 Å². The Bertz CT molecular complexity index is 920. The smallest absolute Gasteiger partial charge is 0.309 e. The van der Waals surface area contributed by atoms with Gasteiger partial charge in [-0.2, -0.15) is 0 Å².